The molecule has 0 atom stereocenters. The van der Waals surface area contributed by atoms with Crippen molar-refractivity contribution in [2.75, 3.05) is 0 Å². The van der Waals surface area contributed by atoms with Crippen molar-refractivity contribution in [1.29, 1.82) is 0 Å². The van der Waals surface area contributed by atoms with Crippen molar-refractivity contribution in [1.82, 2.24) is 4.57 Å². The molecule has 0 aliphatic rings. The van der Waals surface area contributed by atoms with Crippen LogP contribution in [0.3, 0.4) is 0 Å². The molecular formula is C13H9NO3S. The van der Waals surface area contributed by atoms with Crippen LogP contribution in [0.25, 0.3) is 11.1 Å². The highest BCUT2D eigenvalue weighted by molar-refractivity contribution is 7.12. The Balaban J connectivity index is 2.29. The van der Waals surface area contributed by atoms with Crippen molar-refractivity contribution < 1.29 is 9.21 Å². The van der Waals surface area contributed by atoms with Gasteiger partial charge in [0, 0.05) is 0 Å². The molecule has 0 radical (unpaired) electrons. The van der Waals surface area contributed by atoms with E-state index in [0.717, 1.165) is 10.1 Å². The lowest BCUT2D eigenvalue weighted by atomic mass is 10.2. The summed E-state index contributed by atoms with van der Waals surface area (Å²) in [6, 6.07) is 8.77. The van der Waals surface area contributed by atoms with Gasteiger partial charge >= 0.3 is 5.76 Å². The number of oxazole rings is 1. The summed E-state index contributed by atoms with van der Waals surface area (Å²) in [5.41, 5.74) is 1.91. The lowest BCUT2D eigenvalue weighted by molar-refractivity contribution is 0.0960. The Hall–Kier alpha value is -2.14. The van der Waals surface area contributed by atoms with E-state index in [2.05, 4.69) is 0 Å². The fraction of sp³-hybridized carbons (Fsp3) is 0.0769. The number of rotatable bonds is 1. The van der Waals surface area contributed by atoms with Crippen LogP contribution in [0.1, 0.15) is 15.2 Å². The number of hydrogen-bond acceptors (Lipinski definition) is 4. The molecule has 3 rings (SSSR count). The third kappa shape index (κ3) is 1.60. The largest absolute Gasteiger partial charge is 0.427 e. The lowest BCUT2D eigenvalue weighted by Crippen LogP contribution is -2.22. The SMILES string of the molecule is Cc1ccc2oc(=O)n(C(=O)c3cccs3)c2c1. The topological polar surface area (TPSA) is 52.2 Å². The van der Waals surface area contributed by atoms with Gasteiger partial charge in [-0.3, -0.25) is 4.79 Å². The number of thiophene rings is 1. The van der Waals surface area contributed by atoms with Gasteiger partial charge in [0.2, 0.25) is 0 Å². The Labute approximate surface area is 106 Å². The summed E-state index contributed by atoms with van der Waals surface area (Å²) in [6.07, 6.45) is 0. The lowest BCUT2D eigenvalue weighted by Gasteiger charge is -1.98. The Morgan fingerprint density at radius 3 is 2.89 bits per heavy atom. The first-order chi connectivity index (χ1) is 8.66. The highest BCUT2D eigenvalue weighted by Gasteiger charge is 2.18. The van der Waals surface area contributed by atoms with Crippen molar-refractivity contribution in [2.45, 2.75) is 6.92 Å². The van der Waals surface area contributed by atoms with Gasteiger partial charge in [0.1, 0.15) is 0 Å². The third-order valence-electron chi connectivity index (χ3n) is 2.67. The van der Waals surface area contributed by atoms with Gasteiger partial charge in [-0.25, -0.2) is 9.36 Å². The van der Waals surface area contributed by atoms with E-state index in [1.54, 1.807) is 29.6 Å². The van der Waals surface area contributed by atoms with Crippen molar-refractivity contribution in [3.8, 4) is 0 Å². The fourth-order valence-corrected chi connectivity index (χ4v) is 2.48. The second-order valence-corrected chi connectivity index (χ2v) is 4.90. The summed E-state index contributed by atoms with van der Waals surface area (Å²) in [6.45, 7) is 1.90. The van der Waals surface area contributed by atoms with E-state index in [1.807, 2.05) is 13.0 Å². The van der Waals surface area contributed by atoms with Crippen LogP contribution in [0.4, 0.5) is 0 Å². The molecule has 5 heteroatoms. The molecule has 0 spiro atoms. The van der Waals surface area contributed by atoms with E-state index < -0.39 is 5.76 Å². The number of carbonyl (C=O) groups is 1. The first kappa shape index (κ1) is 11.0. The molecule has 2 heterocycles. The number of carbonyl (C=O) groups excluding carboxylic acids is 1. The Kier molecular flexibility index (Phi) is 2.41. The summed E-state index contributed by atoms with van der Waals surface area (Å²) >= 11 is 1.30. The first-order valence-electron chi connectivity index (χ1n) is 5.37. The van der Waals surface area contributed by atoms with Crippen LogP contribution in [-0.2, 0) is 0 Å². The van der Waals surface area contributed by atoms with Gasteiger partial charge in [-0.15, -0.1) is 11.3 Å². The van der Waals surface area contributed by atoms with Crippen LogP contribution in [0, 0.1) is 6.92 Å². The molecule has 0 fully saturated rings. The second-order valence-electron chi connectivity index (χ2n) is 3.96. The molecule has 1 aromatic carbocycles. The number of aromatic nitrogens is 1. The Bertz CT molecular complexity index is 780. The summed E-state index contributed by atoms with van der Waals surface area (Å²) in [4.78, 5) is 24.5. The maximum atomic E-state index is 12.2. The second kappa shape index (κ2) is 3.96. The van der Waals surface area contributed by atoms with Crippen molar-refractivity contribution in [3.63, 3.8) is 0 Å². The van der Waals surface area contributed by atoms with Crippen molar-refractivity contribution in [2.24, 2.45) is 0 Å². The summed E-state index contributed by atoms with van der Waals surface area (Å²) in [5.74, 6) is -0.992. The Morgan fingerprint density at radius 2 is 2.17 bits per heavy atom. The zero-order chi connectivity index (χ0) is 12.7. The molecule has 18 heavy (non-hydrogen) atoms. The van der Waals surface area contributed by atoms with E-state index in [-0.39, 0.29) is 5.91 Å². The molecule has 0 N–H and O–H groups in total. The molecule has 0 bridgehead atoms. The van der Waals surface area contributed by atoms with Crippen molar-refractivity contribution >= 4 is 28.3 Å². The van der Waals surface area contributed by atoms with Crippen LogP contribution in [-0.4, -0.2) is 10.5 Å². The molecular weight excluding hydrogens is 250 g/mol. The van der Waals surface area contributed by atoms with Gasteiger partial charge < -0.3 is 4.42 Å². The highest BCUT2D eigenvalue weighted by Crippen LogP contribution is 2.17. The molecule has 0 unspecified atom stereocenters. The molecule has 3 aromatic rings. The first-order valence-corrected chi connectivity index (χ1v) is 6.25. The minimum absolute atomic E-state index is 0.348. The highest BCUT2D eigenvalue weighted by atomic mass is 32.1. The van der Waals surface area contributed by atoms with Gasteiger partial charge in [-0.2, -0.15) is 0 Å². The Morgan fingerprint density at radius 1 is 1.33 bits per heavy atom. The number of benzene rings is 1. The summed E-state index contributed by atoms with van der Waals surface area (Å²) in [5, 5.41) is 1.80. The molecule has 90 valence electrons. The smallest absolute Gasteiger partial charge is 0.407 e. The van der Waals surface area contributed by atoms with E-state index in [0.29, 0.717) is 16.0 Å². The minimum Gasteiger partial charge on any atom is -0.407 e. The maximum absolute atomic E-state index is 12.2. The van der Waals surface area contributed by atoms with Crippen LogP contribution in [0.2, 0.25) is 0 Å². The normalized spacial score (nSPS) is 10.9. The van der Waals surface area contributed by atoms with Gasteiger partial charge in [0.05, 0.1) is 10.4 Å². The van der Waals surface area contributed by atoms with Gasteiger partial charge in [-0.05, 0) is 36.1 Å². The third-order valence-corrected chi connectivity index (χ3v) is 3.53. The zero-order valence-corrected chi connectivity index (χ0v) is 10.4. The monoisotopic (exact) mass is 259 g/mol. The summed E-state index contributed by atoms with van der Waals surface area (Å²) in [7, 11) is 0. The molecule has 0 saturated carbocycles. The van der Waals surface area contributed by atoms with E-state index in [1.165, 1.54) is 11.3 Å². The molecule has 0 amide bonds. The number of fused-ring (bicyclic) bond motifs is 1. The molecule has 0 aliphatic carbocycles. The number of aryl methyl sites for hydroxylation is 1. The maximum Gasteiger partial charge on any atom is 0.427 e. The molecule has 0 aliphatic heterocycles. The van der Waals surface area contributed by atoms with Crippen LogP contribution < -0.4 is 5.76 Å². The van der Waals surface area contributed by atoms with Crippen LogP contribution in [0.15, 0.2) is 44.9 Å². The van der Waals surface area contributed by atoms with E-state index in [4.69, 9.17) is 4.42 Å². The van der Waals surface area contributed by atoms with E-state index >= 15 is 0 Å². The van der Waals surface area contributed by atoms with Gasteiger partial charge in [0.15, 0.2) is 5.58 Å². The van der Waals surface area contributed by atoms with Crippen LogP contribution in [0.5, 0.6) is 0 Å². The van der Waals surface area contributed by atoms with Crippen molar-refractivity contribution in [3.05, 3.63) is 56.7 Å². The van der Waals surface area contributed by atoms with Gasteiger partial charge in [-0.1, -0.05) is 12.1 Å². The quantitative estimate of drug-likeness (QED) is 0.675. The molecule has 4 nitrogen and oxygen atoms in total. The average molecular weight is 259 g/mol. The fourth-order valence-electron chi connectivity index (χ4n) is 1.83. The molecule has 2 aromatic heterocycles. The zero-order valence-electron chi connectivity index (χ0n) is 9.54. The van der Waals surface area contributed by atoms with Crippen LogP contribution >= 0.6 is 11.3 Å². The van der Waals surface area contributed by atoms with Gasteiger partial charge in [0.25, 0.3) is 5.91 Å². The number of nitrogens with zero attached hydrogens (tertiary/aromatic N) is 1. The molecule has 0 saturated heterocycles. The average Bonchev–Trinajstić information content (AvgIpc) is 2.94. The summed E-state index contributed by atoms with van der Waals surface area (Å²) < 4.78 is 6.14. The number of hydrogen-bond donors (Lipinski definition) is 0. The predicted molar refractivity (Wildman–Crippen MR) is 69.3 cm³/mol. The predicted octanol–water partition coefficient (Wildman–Crippen LogP) is 2.65. The standard InChI is InChI=1S/C13H9NO3S/c1-8-4-5-10-9(7-8)14(13(16)17-10)12(15)11-3-2-6-18-11/h2-7H,1H3. The van der Waals surface area contributed by atoms with E-state index in [9.17, 15) is 9.59 Å². The minimum atomic E-state index is -0.644.